The molecule has 0 radical (unpaired) electrons. The van der Waals surface area contributed by atoms with E-state index in [2.05, 4.69) is 72.5 Å². The minimum absolute atomic E-state index is 0.152. The molecule has 0 spiro atoms. The first-order valence-corrected chi connectivity index (χ1v) is 11.6. The number of carbonyl (C=O) groups excluding carboxylic acids is 1. The van der Waals surface area contributed by atoms with Gasteiger partial charge in [-0.2, -0.15) is 0 Å². The highest BCUT2D eigenvalue weighted by atomic mass is 32.2. The van der Waals surface area contributed by atoms with Gasteiger partial charge in [0.25, 0.3) is 0 Å². The van der Waals surface area contributed by atoms with Crippen LogP contribution in [-0.2, 0) is 4.74 Å². The van der Waals surface area contributed by atoms with Gasteiger partial charge < -0.3 is 4.74 Å². The van der Waals surface area contributed by atoms with Crippen molar-refractivity contribution in [2.45, 2.75) is 38.2 Å². The number of fused-ring (bicyclic) bond motifs is 3. The molecule has 1 saturated carbocycles. The standard InChI is InChI=1S/C27H23O2S/c1-2-17-27(18-7-8-19-27)29-26(28)20-13-15-21(16-14-20)30-24-11-5-3-9-22(24)23-10-4-6-12-25(23)30/h3-6,9-16H,7-8,18-19H2,1H3/q+1. The van der Waals surface area contributed by atoms with Crippen LogP contribution in [0.4, 0.5) is 0 Å². The lowest BCUT2D eigenvalue weighted by molar-refractivity contribution is 0.0103. The highest BCUT2D eigenvalue weighted by molar-refractivity contribution is 7.50. The van der Waals surface area contributed by atoms with Gasteiger partial charge in [-0.1, -0.05) is 30.2 Å². The SMILES string of the molecule is CC#CC1(OC(=O)c2ccc(-[s+]3c4ccccc4c4ccccc43)cc2)CCCC1. The monoisotopic (exact) mass is 411 g/mol. The van der Waals surface area contributed by atoms with Crippen molar-refractivity contribution in [3.05, 3.63) is 78.4 Å². The molecule has 0 aliphatic heterocycles. The summed E-state index contributed by atoms with van der Waals surface area (Å²) in [5.74, 6) is 5.82. The number of hydrogen-bond donors (Lipinski definition) is 0. The van der Waals surface area contributed by atoms with Crippen molar-refractivity contribution >= 4 is 36.6 Å². The second-order valence-corrected chi connectivity index (χ2v) is 9.75. The second kappa shape index (κ2) is 7.63. The van der Waals surface area contributed by atoms with Gasteiger partial charge in [-0.25, -0.2) is 4.79 Å². The molecule has 4 aromatic rings. The van der Waals surface area contributed by atoms with Gasteiger partial charge in [-0.3, -0.25) is 0 Å². The second-order valence-electron chi connectivity index (χ2n) is 7.79. The van der Waals surface area contributed by atoms with Crippen LogP contribution in [0, 0.1) is 11.8 Å². The van der Waals surface area contributed by atoms with Crippen LogP contribution in [0.25, 0.3) is 25.1 Å². The highest BCUT2D eigenvalue weighted by Crippen LogP contribution is 2.48. The Bertz CT molecular complexity index is 1240. The van der Waals surface area contributed by atoms with Crippen LogP contribution in [0.2, 0.25) is 0 Å². The predicted octanol–water partition coefficient (Wildman–Crippen LogP) is 7.22. The summed E-state index contributed by atoms with van der Waals surface area (Å²) >= 11 is 0. The third-order valence-electron chi connectivity index (χ3n) is 5.88. The molecule has 5 rings (SSSR count). The molecule has 1 aliphatic carbocycles. The topological polar surface area (TPSA) is 26.3 Å². The van der Waals surface area contributed by atoms with Gasteiger partial charge in [0.2, 0.25) is 0 Å². The zero-order chi connectivity index (χ0) is 20.6. The van der Waals surface area contributed by atoms with E-state index in [9.17, 15) is 4.79 Å². The molecule has 2 nitrogen and oxygen atoms in total. The Labute approximate surface area is 179 Å². The third kappa shape index (κ3) is 3.18. The lowest BCUT2D eigenvalue weighted by atomic mass is 10.0. The first-order chi connectivity index (χ1) is 14.7. The molecule has 30 heavy (non-hydrogen) atoms. The van der Waals surface area contributed by atoms with E-state index < -0.39 is 5.60 Å². The number of thiophene rings is 1. The fraction of sp³-hybridized carbons (Fsp3) is 0.222. The normalized spacial score (nSPS) is 15.1. The molecule has 0 saturated heterocycles. The Morgan fingerprint density at radius 3 is 2.00 bits per heavy atom. The Morgan fingerprint density at radius 2 is 1.43 bits per heavy atom. The van der Waals surface area contributed by atoms with E-state index in [0.717, 1.165) is 25.7 Å². The molecule has 1 aliphatic rings. The summed E-state index contributed by atoms with van der Waals surface area (Å²) in [6.07, 6.45) is 3.77. The van der Waals surface area contributed by atoms with Gasteiger partial charge in [0.05, 0.1) is 5.56 Å². The zero-order valence-corrected chi connectivity index (χ0v) is 17.8. The number of hydrogen-bond acceptors (Lipinski definition) is 2. The Kier molecular flexibility index (Phi) is 4.81. The third-order valence-corrected chi connectivity index (χ3v) is 8.22. The van der Waals surface area contributed by atoms with Crippen LogP contribution in [0.3, 0.4) is 0 Å². The largest absolute Gasteiger partial charge is 0.442 e. The average molecular weight is 412 g/mol. The lowest BCUT2D eigenvalue weighted by Crippen LogP contribution is -2.30. The summed E-state index contributed by atoms with van der Waals surface area (Å²) in [6, 6.07) is 25.2. The minimum Gasteiger partial charge on any atom is -0.442 e. The molecule has 3 aromatic carbocycles. The number of carbonyl (C=O) groups is 1. The molecular formula is C27H23O2S+. The van der Waals surface area contributed by atoms with Crippen molar-refractivity contribution in [1.29, 1.82) is 0 Å². The number of benzene rings is 3. The van der Waals surface area contributed by atoms with E-state index in [1.165, 1.54) is 25.1 Å². The van der Waals surface area contributed by atoms with Gasteiger partial charge in [-0.05, 0) is 81.1 Å². The van der Waals surface area contributed by atoms with Crippen molar-refractivity contribution in [3.63, 3.8) is 0 Å². The number of ether oxygens (including phenoxy) is 1. The van der Waals surface area contributed by atoms with E-state index in [-0.39, 0.29) is 16.4 Å². The van der Waals surface area contributed by atoms with Crippen molar-refractivity contribution in [2.24, 2.45) is 0 Å². The molecule has 1 heterocycles. The Balaban J connectivity index is 1.51. The van der Waals surface area contributed by atoms with Gasteiger partial charge in [0.1, 0.15) is 0 Å². The van der Waals surface area contributed by atoms with Gasteiger partial charge in [0.15, 0.2) is 19.9 Å². The van der Waals surface area contributed by atoms with Crippen molar-refractivity contribution in [3.8, 4) is 16.7 Å². The van der Waals surface area contributed by atoms with E-state index in [4.69, 9.17) is 4.74 Å². The molecule has 0 N–H and O–H groups in total. The van der Waals surface area contributed by atoms with Gasteiger partial charge in [0, 0.05) is 21.2 Å². The van der Waals surface area contributed by atoms with E-state index in [1.807, 2.05) is 12.1 Å². The molecule has 1 fully saturated rings. The highest BCUT2D eigenvalue weighted by Gasteiger charge is 2.36. The zero-order valence-electron chi connectivity index (χ0n) is 17.0. The van der Waals surface area contributed by atoms with Crippen molar-refractivity contribution in [2.75, 3.05) is 0 Å². The van der Waals surface area contributed by atoms with E-state index >= 15 is 0 Å². The molecule has 0 unspecified atom stereocenters. The molecule has 0 amide bonds. The van der Waals surface area contributed by atoms with Crippen LogP contribution in [0.1, 0.15) is 43.0 Å². The van der Waals surface area contributed by atoms with Crippen LogP contribution < -0.4 is 0 Å². The molecule has 0 atom stereocenters. The smallest absolute Gasteiger partial charge is 0.339 e. The molecular weight excluding hydrogens is 388 g/mol. The maximum Gasteiger partial charge on any atom is 0.339 e. The summed E-state index contributed by atoms with van der Waals surface area (Å²) < 4.78 is 8.58. The van der Waals surface area contributed by atoms with Gasteiger partial charge >= 0.3 is 5.97 Å². The van der Waals surface area contributed by atoms with E-state index in [0.29, 0.717) is 5.56 Å². The van der Waals surface area contributed by atoms with Gasteiger partial charge in [-0.15, -0.1) is 5.92 Å². The quantitative estimate of drug-likeness (QED) is 0.202. The summed E-state index contributed by atoms with van der Waals surface area (Å²) in [4.78, 5) is 14.0. The number of rotatable bonds is 3. The summed E-state index contributed by atoms with van der Waals surface area (Å²) in [5, 5.41) is 2.61. The average Bonchev–Trinajstić information content (AvgIpc) is 3.37. The van der Waals surface area contributed by atoms with Crippen molar-refractivity contribution in [1.82, 2.24) is 0 Å². The summed E-state index contributed by atoms with van der Waals surface area (Å²) in [7, 11) is -0.152. The molecule has 0 bridgehead atoms. The number of esters is 1. The molecule has 1 aromatic heterocycles. The van der Waals surface area contributed by atoms with Crippen LogP contribution in [0.15, 0.2) is 72.8 Å². The predicted molar refractivity (Wildman–Crippen MR) is 125 cm³/mol. The minimum atomic E-state index is -0.602. The molecule has 148 valence electrons. The first-order valence-electron chi connectivity index (χ1n) is 10.4. The molecule has 3 heteroatoms. The Hall–Kier alpha value is -3.09. The van der Waals surface area contributed by atoms with Crippen LogP contribution >= 0.6 is 10.5 Å². The van der Waals surface area contributed by atoms with Crippen LogP contribution in [-0.4, -0.2) is 11.6 Å². The Morgan fingerprint density at radius 1 is 0.867 bits per heavy atom. The maximum atomic E-state index is 12.8. The lowest BCUT2D eigenvalue weighted by Gasteiger charge is -2.23. The van der Waals surface area contributed by atoms with Crippen molar-refractivity contribution < 1.29 is 9.53 Å². The van der Waals surface area contributed by atoms with E-state index in [1.54, 1.807) is 6.92 Å². The first kappa shape index (κ1) is 18.9. The fourth-order valence-electron chi connectivity index (χ4n) is 4.50. The summed E-state index contributed by atoms with van der Waals surface area (Å²) in [5.41, 5.74) is -0.0115. The summed E-state index contributed by atoms with van der Waals surface area (Å²) in [6.45, 7) is 1.81. The van der Waals surface area contributed by atoms with Crippen LogP contribution in [0.5, 0.6) is 0 Å². The fourth-order valence-corrected chi connectivity index (χ4v) is 6.87. The maximum absolute atomic E-state index is 12.8.